The minimum atomic E-state index is -0.889. The lowest BCUT2D eigenvalue weighted by molar-refractivity contribution is -0.120. The standard InChI is InChI=1S/C18H20F2N2O/c1-12-5-3-4-6-15(12)10-22-18(23)11-21-13(2)14-7-8-16(19)17(20)9-14/h3-9,13,21H,10-11H2,1-2H3,(H,22,23)/t13-/m1/s1. The predicted molar refractivity (Wildman–Crippen MR) is 85.8 cm³/mol. The smallest absolute Gasteiger partial charge is 0.234 e. The molecule has 0 bridgehead atoms. The van der Waals surface area contributed by atoms with Crippen LogP contribution in [0.2, 0.25) is 0 Å². The lowest BCUT2D eigenvalue weighted by Crippen LogP contribution is -2.34. The number of hydrogen-bond donors (Lipinski definition) is 2. The number of halogens is 2. The number of rotatable bonds is 6. The lowest BCUT2D eigenvalue weighted by atomic mass is 10.1. The summed E-state index contributed by atoms with van der Waals surface area (Å²) in [5, 5.41) is 5.83. The zero-order valence-corrected chi connectivity index (χ0v) is 13.2. The molecule has 0 aromatic heterocycles. The third kappa shape index (κ3) is 4.86. The molecular formula is C18H20F2N2O. The molecule has 2 rings (SSSR count). The Morgan fingerprint density at radius 3 is 2.57 bits per heavy atom. The van der Waals surface area contributed by atoms with Crippen molar-refractivity contribution in [3.8, 4) is 0 Å². The van der Waals surface area contributed by atoms with Crippen molar-refractivity contribution in [1.82, 2.24) is 10.6 Å². The van der Waals surface area contributed by atoms with Crippen LogP contribution in [-0.4, -0.2) is 12.5 Å². The van der Waals surface area contributed by atoms with Gasteiger partial charge in [0.25, 0.3) is 0 Å². The van der Waals surface area contributed by atoms with Crippen LogP contribution in [0.1, 0.15) is 29.7 Å². The largest absolute Gasteiger partial charge is 0.351 e. The van der Waals surface area contributed by atoms with Gasteiger partial charge >= 0.3 is 0 Å². The van der Waals surface area contributed by atoms with Crippen molar-refractivity contribution in [1.29, 1.82) is 0 Å². The minimum Gasteiger partial charge on any atom is -0.351 e. The molecule has 0 saturated carbocycles. The second-order valence-electron chi connectivity index (χ2n) is 5.48. The molecule has 0 aliphatic rings. The van der Waals surface area contributed by atoms with Crippen molar-refractivity contribution < 1.29 is 13.6 Å². The van der Waals surface area contributed by atoms with Gasteiger partial charge in [0, 0.05) is 12.6 Å². The first-order chi connectivity index (χ1) is 11.0. The van der Waals surface area contributed by atoms with Gasteiger partial charge < -0.3 is 10.6 Å². The lowest BCUT2D eigenvalue weighted by Gasteiger charge is -2.15. The molecule has 0 aliphatic heterocycles. The fourth-order valence-corrected chi connectivity index (χ4v) is 2.21. The fourth-order valence-electron chi connectivity index (χ4n) is 2.21. The molecule has 1 amide bonds. The van der Waals surface area contributed by atoms with Crippen LogP contribution < -0.4 is 10.6 Å². The van der Waals surface area contributed by atoms with Gasteiger partial charge in [-0.25, -0.2) is 8.78 Å². The van der Waals surface area contributed by atoms with E-state index in [0.717, 1.165) is 23.3 Å². The molecule has 2 N–H and O–H groups in total. The van der Waals surface area contributed by atoms with Crippen molar-refractivity contribution in [3.63, 3.8) is 0 Å². The monoisotopic (exact) mass is 318 g/mol. The maximum atomic E-state index is 13.2. The summed E-state index contributed by atoms with van der Waals surface area (Å²) in [6.07, 6.45) is 0. The minimum absolute atomic E-state index is 0.103. The molecule has 2 aromatic carbocycles. The average Bonchev–Trinajstić information content (AvgIpc) is 2.54. The highest BCUT2D eigenvalue weighted by molar-refractivity contribution is 5.78. The molecule has 1 atom stereocenters. The first-order valence-electron chi connectivity index (χ1n) is 7.47. The topological polar surface area (TPSA) is 41.1 Å². The van der Waals surface area contributed by atoms with E-state index in [9.17, 15) is 13.6 Å². The molecule has 5 heteroatoms. The van der Waals surface area contributed by atoms with Crippen molar-refractivity contribution in [2.75, 3.05) is 6.54 Å². The van der Waals surface area contributed by atoms with Crippen molar-refractivity contribution in [3.05, 3.63) is 70.8 Å². The Kier molecular flexibility index (Phi) is 5.82. The quantitative estimate of drug-likeness (QED) is 0.858. The van der Waals surface area contributed by atoms with Gasteiger partial charge in [-0.1, -0.05) is 30.3 Å². The van der Waals surface area contributed by atoms with E-state index in [1.165, 1.54) is 6.07 Å². The molecule has 0 spiro atoms. The van der Waals surface area contributed by atoms with E-state index < -0.39 is 11.6 Å². The van der Waals surface area contributed by atoms with Crippen LogP contribution in [0.3, 0.4) is 0 Å². The van der Waals surface area contributed by atoms with Crippen LogP contribution in [0.4, 0.5) is 8.78 Å². The third-order valence-corrected chi connectivity index (χ3v) is 3.75. The molecule has 0 fully saturated rings. The van der Waals surface area contributed by atoms with E-state index in [1.54, 1.807) is 6.92 Å². The summed E-state index contributed by atoms with van der Waals surface area (Å²) < 4.78 is 26.1. The Balaban J connectivity index is 1.82. The highest BCUT2D eigenvalue weighted by Crippen LogP contribution is 2.15. The van der Waals surface area contributed by atoms with Crippen molar-refractivity contribution in [2.24, 2.45) is 0 Å². The van der Waals surface area contributed by atoms with E-state index in [2.05, 4.69) is 10.6 Å². The summed E-state index contributed by atoms with van der Waals surface area (Å²) in [7, 11) is 0. The highest BCUT2D eigenvalue weighted by Gasteiger charge is 2.10. The highest BCUT2D eigenvalue weighted by atomic mass is 19.2. The van der Waals surface area contributed by atoms with Gasteiger partial charge in [0.1, 0.15) is 0 Å². The van der Waals surface area contributed by atoms with Crippen LogP contribution in [-0.2, 0) is 11.3 Å². The number of aryl methyl sites for hydroxylation is 1. The maximum Gasteiger partial charge on any atom is 0.234 e. The summed E-state index contributed by atoms with van der Waals surface area (Å²) in [6, 6.07) is 11.3. The maximum absolute atomic E-state index is 13.2. The molecule has 2 aromatic rings. The molecule has 3 nitrogen and oxygen atoms in total. The predicted octanol–water partition coefficient (Wildman–Crippen LogP) is 3.24. The molecule has 0 unspecified atom stereocenters. The third-order valence-electron chi connectivity index (χ3n) is 3.75. The summed E-state index contributed by atoms with van der Waals surface area (Å²) in [5.41, 5.74) is 2.78. The normalized spacial score (nSPS) is 12.0. The molecule has 122 valence electrons. The SMILES string of the molecule is Cc1ccccc1CNC(=O)CN[C@H](C)c1ccc(F)c(F)c1. The van der Waals surface area contributed by atoms with E-state index in [-0.39, 0.29) is 18.5 Å². The second kappa shape index (κ2) is 7.83. The van der Waals surface area contributed by atoms with Crippen LogP contribution >= 0.6 is 0 Å². The molecule has 23 heavy (non-hydrogen) atoms. The Hall–Kier alpha value is -2.27. The number of amides is 1. The first kappa shape index (κ1) is 17.1. The Morgan fingerprint density at radius 1 is 1.13 bits per heavy atom. The number of carbonyl (C=O) groups is 1. The zero-order valence-electron chi connectivity index (χ0n) is 13.2. The van der Waals surface area contributed by atoms with Crippen LogP contribution in [0, 0.1) is 18.6 Å². The zero-order chi connectivity index (χ0) is 16.8. The Labute approximate surface area is 134 Å². The molecule has 0 aliphatic carbocycles. The van der Waals surface area contributed by atoms with Gasteiger partial charge in [0.2, 0.25) is 5.91 Å². The summed E-state index contributed by atoms with van der Waals surface area (Å²) >= 11 is 0. The van der Waals surface area contributed by atoms with Crippen LogP contribution in [0.25, 0.3) is 0 Å². The van der Waals surface area contributed by atoms with Gasteiger partial charge in [0.05, 0.1) is 6.54 Å². The molecule has 0 saturated heterocycles. The molecule has 0 radical (unpaired) electrons. The van der Waals surface area contributed by atoms with Crippen LogP contribution in [0.5, 0.6) is 0 Å². The van der Waals surface area contributed by atoms with E-state index in [0.29, 0.717) is 12.1 Å². The Morgan fingerprint density at radius 2 is 1.87 bits per heavy atom. The van der Waals surface area contributed by atoms with Crippen LogP contribution in [0.15, 0.2) is 42.5 Å². The van der Waals surface area contributed by atoms with Crippen molar-refractivity contribution >= 4 is 5.91 Å². The fraction of sp³-hybridized carbons (Fsp3) is 0.278. The summed E-state index contributed by atoms with van der Waals surface area (Å²) in [6.45, 7) is 4.35. The van der Waals surface area contributed by atoms with E-state index >= 15 is 0 Å². The van der Waals surface area contributed by atoms with Gasteiger partial charge in [0.15, 0.2) is 11.6 Å². The number of carbonyl (C=O) groups excluding carboxylic acids is 1. The van der Waals surface area contributed by atoms with Crippen molar-refractivity contribution in [2.45, 2.75) is 26.4 Å². The molecule has 0 heterocycles. The summed E-state index contributed by atoms with van der Waals surface area (Å²) in [5.74, 6) is -1.92. The van der Waals surface area contributed by atoms with E-state index in [4.69, 9.17) is 0 Å². The van der Waals surface area contributed by atoms with Gasteiger partial charge in [-0.05, 0) is 42.7 Å². The molecular weight excluding hydrogens is 298 g/mol. The van der Waals surface area contributed by atoms with Gasteiger partial charge in [-0.3, -0.25) is 4.79 Å². The Bertz CT molecular complexity index is 688. The van der Waals surface area contributed by atoms with Gasteiger partial charge in [-0.2, -0.15) is 0 Å². The number of benzene rings is 2. The second-order valence-corrected chi connectivity index (χ2v) is 5.48. The summed E-state index contributed by atoms with van der Waals surface area (Å²) in [4.78, 5) is 11.9. The van der Waals surface area contributed by atoms with Gasteiger partial charge in [-0.15, -0.1) is 0 Å². The first-order valence-corrected chi connectivity index (χ1v) is 7.47. The van der Waals surface area contributed by atoms with E-state index in [1.807, 2.05) is 31.2 Å². The number of nitrogens with one attached hydrogen (secondary N) is 2. The number of hydrogen-bond acceptors (Lipinski definition) is 2. The average molecular weight is 318 g/mol.